The number of allylic oxidation sites excluding steroid dienone is 7. The number of hydrogen-bond donors (Lipinski definition) is 1. The number of aliphatic hydroxyl groups is 1. The highest BCUT2D eigenvalue weighted by Gasteiger charge is 1.95. The monoisotopic (exact) mass is 653 g/mol. The highest BCUT2D eigenvalue weighted by molar-refractivity contribution is 6.08. The van der Waals surface area contributed by atoms with Crippen molar-refractivity contribution < 1.29 is 9.90 Å². The minimum Gasteiger partial charge on any atom is -0.377 e. The molecule has 0 saturated carbocycles. The summed E-state index contributed by atoms with van der Waals surface area (Å²) in [6.45, 7) is 0. The molecule has 0 bridgehead atoms. The second kappa shape index (κ2) is 40.0. The van der Waals surface area contributed by atoms with Crippen molar-refractivity contribution in [3.05, 3.63) is 48.6 Å². The van der Waals surface area contributed by atoms with E-state index in [0.29, 0.717) is 0 Å². The van der Waals surface area contributed by atoms with Crippen LogP contribution in [0.25, 0.3) is 0 Å². The first-order chi connectivity index (χ1) is 23.7. The van der Waals surface area contributed by atoms with Gasteiger partial charge in [-0.15, -0.1) is 18.8 Å². The summed E-state index contributed by atoms with van der Waals surface area (Å²) >= 11 is 0. The predicted octanol–water partition coefficient (Wildman–Crippen LogP) is 12.3. The van der Waals surface area contributed by atoms with Gasteiger partial charge in [0.15, 0.2) is 0 Å². The summed E-state index contributed by atoms with van der Waals surface area (Å²) in [5.74, 6) is 15.7. The van der Waals surface area contributed by atoms with Crippen molar-refractivity contribution in [2.45, 2.75) is 186 Å². The fraction of sp³-hybridized carbons (Fsp3) is 0.630. The number of unbranched alkanes of at least 4 members (excludes halogenated alkanes) is 24. The smallest absolute Gasteiger partial charge is 0.279 e. The zero-order valence-corrected chi connectivity index (χ0v) is 30.5. The maximum atomic E-state index is 11.8. The molecule has 264 valence electrons. The Kier molecular flexibility index (Phi) is 37.4. The fourth-order valence-corrected chi connectivity index (χ4v) is 5.33. The van der Waals surface area contributed by atoms with E-state index in [2.05, 4.69) is 59.8 Å². The van der Waals surface area contributed by atoms with E-state index >= 15 is 0 Å². The van der Waals surface area contributed by atoms with Gasteiger partial charge >= 0.3 is 0 Å². The van der Waals surface area contributed by atoms with Crippen molar-refractivity contribution in [3.63, 3.8) is 0 Å². The molecule has 0 rings (SSSR count). The lowest BCUT2D eigenvalue weighted by molar-refractivity contribution is -0.108. The van der Waals surface area contributed by atoms with Crippen molar-refractivity contribution in [1.29, 1.82) is 0 Å². The van der Waals surface area contributed by atoms with Crippen LogP contribution in [0.1, 0.15) is 180 Å². The molecule has 0 radical (unpaired) electrons. The summed E-state index contributed by atoms with van der Waals surface area (Å²) in [4.78, 5) is 11.8. The number of ketones is 1. The van der Waals surface area contributed by atoms with Gasteiger partial charge in [-0.1, -0.05) is 144 Å². The maximum absolute atomic E-state index is 11.8. The largest absolute Gasteiger partial charge is 0.377 e. The minimum atomic E-state index is -0.749. The summed E-state index contributed by atoms with van der Waals surface area (Å²) < 4.78 is 0. The Morgan fingerprint density at radius 2 is 0.917 bits per heavy atom. The molecule has 1 unspecified atom stereocenters. The van der Waals surface area contributed by atoms with Crippen LogP contribution in [0.15, 0.2) is 48.6 Å². The molecule has 0 aromatic carbocycles. The number of hydrogen-bond acceptors (Lipinski definition) is 2. The molecule has 0 fully saturated rings. The van der Waals surface area contributed by atoms with Crippen LogP contribution in [0.4, 0.5) is 0 Å². The number of carbonyl (C=O) groups is 1. The number of Topliss-reactive ketones (excluding diaryl/α,β-unsaturated/α-hetero) is 1. The molecule has 0 amide bonds. The topological polar surface area (TPSA) is 37.3 Å². The molecule has 1 atom stereocenters. The summed E-state index contributed by atoms with van der Waals surface area (Å²) in [5.41, 5.74) is 0. The Balaban J connectivity index is 3.50. The predicted molar refractivity (Wildman–Crippen MR) is 210 cm³/mol. The molecule has 2 nitrogen and oxygen atoms in total. The quantitative estimate of drug-likeness (QED) is 0.0350. The molecule has 0 saturated heterocycles. The summed E-state index contributed by atoms with van der Waals surface area (Å²) in [6.07, 6.45) is 60.2. The van der Waals surface area contributed by atoms with Crippen LogP contribution in [-0.2, 0) is 4.79 Å². The number of carbonyl (C=O) groups excluding carboxylic acids is 1. The highest BCUT2D eigenvalue weighted by atomic mass is 16.3. The Bertz CT molecular complexity index is 1070. The molecular weight excluding hydrogens is 585 g/mol. The van der Waals surface area contributed by atoms with Gasteiger partial charge in [0.1, 0.15) is 6.10 Å². The van der Waals surface area contributed by atoms with Gasteiger partial charge < -0.3 is 5.11 Å². The average molecular weight is 653 g/mol. The molecule has 2 heteroatoms. The van der Waals surface area contributed by atoms with E-state index in [-0.39, 0.29) is 5.78 Å². The highest BCUT2D eigenvalue weighted by Crippen LogP contribution is 2.14. The third-order valence-electron chi connectivity index (χ3n) is 8.27. The first kappa shape index (κ1) is 44.8. The number of terminal acetylenes is 2. The third-order valence-corrected chi connectivity index (χ3v) is 8.27. The third kappa shape index (κ3) is 39.0. The van der Waals surface area contributed by atoms with E-state index in [1.54, 1.807) is 12.2 Å². The van der Waals surface area contributed by atoms with E-state index in [4.69, 9.17) is 12.8 Å². The Hall–Kier alpha value is -3.17. The van der Waals surface area contributed by atoms with Gasteiger partial charge in [0.05, 0.1) is 0 Å². The maximum Gasteiger partial charge on any atom is 0.279 e. The summed E-state index contributed by atoms with van der Waals surface area (Å²) in [7, 11) is 0. The lowest BCUT2D eigenvalue weighted by atomic mass is 10.0. The van der Waals surface area contributed by atoms with Crippen molar-refractivity contribution in [2.75, 3.05) is 0 Å². The molecule has 0 spiro atoms. The minimum absolute atomic E-state index is 0.296. The summed E-state index contributed by atoms with van der Waals surface area (Å²) in [6, 6.07) is 0. The van der Waals surface area contributed by atoms with E-state index in [1.807, 2.05) is 12.2 Å². The van der Waals surface area contributed by atoms with Crippen molar-refractivity contribution in [2.24, 2.45) is 0 Å². The van der Waals surface area contributed by atoms with E-state index < -0.39 is 6.10 Å². The normalized spacial score (nSPS) is 11.8. The standard InChI is InChI=1S/C46H68O2/c1-3-5-6-7-8-9-10-11-12-13-14-15-16-17-18-19-20-21-25-28-31-34-37-40-43-46(48)44-41-38-35-32-29-26-23-22-24-27-30-33-36-39-42-45(47)4-2/h1-2,21,23,25-26,34,37,39,42,45,47H,5-20,22,24,27-33,35-36,38H2/b25-21+,26-23+,37-34+,42-39+. The summed E-state index contributed by atoms with van der Waals surface area (Å²) in [5, 5.41) is 9.25. The van der Waals surface area contributed by atoms with Gasteiger partial charge in [-0.2, -0.15) is 0 Å². The zero-order valence-electron chi connectivity index (χ0n) is 30.5. The number of aliphatic hydroxyl groups excluding tert-OH is 1. The molecule has 0 aromatic heterocycles. The fourth-order valence-electron chi connectivity index (χ4n) is 5.33. The Labute approximate surface area is 297 Å². The average Bonchev–Trinajstić information content (AvgIpc) is 3.09. The van der Waals surface area contributed by atoms with E-state index in [1.165, 1.54) is 116 Å². The lowest BCUT2D eigenvalue weighted by Gasteiger charge is -2.03. The van der Waals surface area contributed by atoms with Crippen molar-refractivity contribution in [3.8, 4) is 48.4 Å². The van der Waals surface area contributed by atoms with Crippen LogP contribution in [-0.4, -0.2) is 17.0 Å². The molecule has 0 aromatic rings. The van der Waals surface area contributed by atoms with Crippen LogP contribution >= 0.6 is 0 Å². The van der Waals surface area contributed by atoms with Crippen LogP contribution < -0.4 is 0 Å². The van der Waals surface area contributed by atoms with E-state index in [0.717, 1.165) is 64.2 Å². The molecule has 1 N–H and O–H groups in total. The molecule has 0 aliphatic heterocycles. The molecule has 0 aliphatic carbocycles. The van der Waals surface area contributed by atoms with Crippen LogP contribution in [0.2, 0.25) is 0 Å². The Morgan fingerprint density at radius 1 is 0.500 bits per heavy atom. The Morgan fingerprint density at radius 3 is 1.44 bits per heavy atom. The SMILES string of the molecule is C#CCCCCCCCCCCCCCCCC/C=C/CC/C=C/C#CC(=O)C#CCCCC/C=C/CCCCCC/C=C/C(O)C#C. The number of rotatable bonds is 31. The first-order valence-corrected chi connectivity index (χ1v) is 19.4. The van der Waals surface area contributed by atoms with Gasteiger partial charge in [-0.25, -0.2) is 0 Å². The van der Waals surface area contributed by atoms with Gasteiger partial charge in [0, 0.05) is 12.8 Å². The van der Waals surface area contributed by atoms with Gasteiger partial charge in [0.2, 0.25) is 0 Å². The van der Waals surface area contributed by atoms with Crippen molar-refractivity contribution in [1.82, 2.24) is 0 Å². The molecule has 48 heavy (non-hydrogen) atoms. The van der Waals surface area contributed by atoms with Crippen LogP contribution in [0.5, 0.6) is 0 Å². The molecule has 0 heterocycles. The zero-order chi connectivity index (χ0) is 34.9. The van der Waals surface area contributed by atoms with Crippen LogP contribution in [0, 0.1) is 48.4 Å². The van der Waals surface area contributed by atoms with Gasteiger partial charge in [-0.05, 0) is 101 Å². The first-order valence-electron chi connectivity index (χ1n) is 19.4. The molecule has 0 aliphatic rings. The van der Waals surface area contributed by atoms with Gasteiger partial charge in [0.25, 0.3) is 5.78 Å². The second-order valence-corrected chi connectivity index (χ2v) is 12.8. The lowest BCUT2D eigenvalue weighted by Crippen LogP contribution is -1.95. The van der Waals surface area contributed by atoms with Gasteiger partial charge in [-0.3, -0.25) is 4.79 Å². The molecular formula is C46H68O2. The second-order valence-electron chi connectivity index (χ2n) is 12.8. The van der Waals surface area contributed by atoms with E-state index in [9.17, 15) is 9.90 Å². The van der Waals surface area contributed by atoms with Crippen LogP contribution in [0.3, 0.4) is 0 Å². The van der Waals surface area contributed by atoms with Crippen molar-refractivity contribution >= 4 is 5.78 Å².